The number of benzene rings is 1. The molecule has 6 heteroatoms. The SMILES string of the molecule is CCCc1nc2sc(C(=O)Nc3ccccc3C)c(C)c2c(=O)[nH]1. The molecule has 2 aromatic heterocycles. The Kier molecular flexibility index (Phi) is 4.49. The summed E-state index contributed by atoms with van der Waals surface area (Å²) in [6.45, 7) is 5.77. The van der Waals surface area contributed by atoms with Crippen molar-refractivity contribution in [1.29, 1.82) is 0 Å². The first kappa shape index (κ1) is 16.4. The van der Waals surface area contributed by atoms with Gasteiger partial charge in [-0.1, -0.05) is 25.1 Å². The molecule has 0 fully saturated rings. The molecule has 3 rings (SSSR count). The van der Waals surface area contributed by atoms with E-state index in [1.54, 1.807) is 6.92 Å². The molecule has 1 amide bonds. The second-order valence-corrected chi connectivity index (χ2v) is 6.77. The molecule has 0 bridgehead atoms. The molecule has 0 atom stereocenters. The third-order valence-corrected chi connectivity index (χ3v) is 5.12. The summed E-state index contributed by atoms with van der Waals surface area (Å²) in [5.41, 5.74) is 2.27. The molecule has 0 aliphatic rings. The van der Waals surface area contributed by atoms with Gasteiger partial charge in [0.25, 0.3) is 11.5 Å². The van der Waals surface area contributed by atoms with Crippen molar-refractivity contribution in [3.8, 4) is 0 Å². The van der Waals surface area contributed by atoms with Gasteiger partial charge in [-0.15, -0.1) is 11.3 Å². The van der Waals surface area contributed by atoms with Crippen LogP contribution in [0.25, 0.3) is 10.2 Å². The van der Waals surface area contributed by atoms with Crippen LogP contribution in [0.4, 0.5) is 5.69 Å². The number of aromatic nitrogens is 2. The molecule has 0 aliphatic heterocycles. The fraction of sp³-hybridized carbons (Fsp3) is 0.278. The quantitative estimate of drug-likeness (QED) is 0.758. The van der Waals surface area contributed by atoms with E-state index in [1.807, 2.05) is 38.1 Å². The summed E-state index contributed by atoms with van der Waals surface area (Å²) in [5.74, 6) is 0.461. The topological polar surface area (TPSA) is 74.8 Å². The van der Waals surface area contributed by atoms with Gasteiger partial charge in [-0.05, 0) is 37.5 Å². The zero-order chi connectivity index (χ0) is 17.3. The van der Waals surface area contributed by atoms with E-state index in [0.717, 1.165) is 17.7 Å². The van der Waals surface area contributed by atoms with Crippen LogP contribution in [0.5, 0.6) is 0 Å². The highest BCUT2D eigenvalue weighted by Crippen LogP contribution is 2.28. The molecular weight excluding hydrogens is 322 g/mol. The molecule has 124 valence electrons. The van der Waals surface area contributed by atoms with E-state index in [-0.39, 0.29) is 11.5 Å². The van der Waals surface area contributed by atoms with Crippen LogP contribution >= 0.6 is 11.3 Å². The summed E-state index contributed by atoms with van der Waals surface area (Å²) in [6, 6.07) is 7.61. The van der Waals surface area contributed by atoms with E-state index in [9.17, 15) is 9.59 Å². The maximum Gasteiger partial charge on any atom is 0.266 e. The van der Waals surface area contributed by atoms with Crippen LogP contribution in [-0.2, 0) is 6.42 Å². The molecule has 1 aromatic carbocycles. The average molecular weight is 341 g/mol. The van der Waals surface area contributed by atoms with Crippen molar-refractivity contribution < 1.29 is 4.79 Å². The molecule has 0 saturated carbocycles. The Morgan fingerprint density at radius 3 is 2.75 bits per heavy atom. The van der Waals surface area contributed by atoms with Crippen molar-refractivity contribution in [1.82, 2.24) is 9.97 Å². The Morgan fingerprint density at radius 2 is 2.04 bits per heavy atom. The Balaban J connectivity index is 2.02. The van der Waals surface area contributed by atoms with E-state index in [0.29, 0.717) is 32.9 Å². The standard InChI is InChI=1S/C18H19N3O2S/c1-4-7-13-20-16(22)14-11(3)15(24-18(14)21-13)17(23)19-12-9-6-5-8-10(12)2/h5-6,8-9H,4,7H2,1-3H3,(H,19,23)(H,20,21,22). The summed E-state index contributed by atoms with van der Waals surface area (Å²) >= 11 is 1.27. The Hall–Kier alpha value is -2.47. The highest BCUT2D eigenvalue weighted by Gasteiger charge is 2.19. The number of fused-ring (bicyclic) bond motifs is 1. The summed E-state index contributed by atoms with van der Waals surface area (Å²) in [5, 5.41) is 3.43. The summed E-state index contributed by atoms with van der Waals surface area (Å²) in [7, 11) is 0. The van der Waals surface area contributed by atoms with E-state index in [4.69, 9.17) is 0 Å². The highest BCUT2D eigenvalue weighted by atomic mass is 32.1. The van der Waals surface area contributed by atoms with E-state index >= 15 is 0 Å². The lowest BCUT2D eigenvalue weighted by Crippen LogP contribution is -2.13. The van der Waals surface area contributed by atoms with Crippen molar-refractivity contribution in [2.75, 3.05) is 5.32 Å². The van der Waals surface area contributed by atoms with Crippen molar-refractivity contribution in [3.63, 3.8) is 0 Å². The van der Waals surface area contributed by atoms with Gasteiger partial charge in [0.05, 0.1) is 10.3 Å². The van der Waals surface area contributed by atoms with Gasteiger partial charge in [0.2, 0.25) is 0 Å². The number of hydrogen-bond acceptors (Lipinski definition) is 4. The Morgan fingerprint density at radius 1 is 1.29 bits per heavy atom. The van der Waals surface area contributed by atoms with Crippen LogP contribution < -0.4 is 10.9 Å². The molecule has 0 radical (unpaired) electrons. The molecule has 0 aliphatic carbocycles. The lowest BCUT2D eigenvalue weighted by molar-refractivity contribution is 0.103. The number of aryl methyl sites for hydroxylation is 3. The molecule has 24 heavy (non-hydrogen) atoms. The summed E-state index contributed by atoms with van der Waals surface area (Å²) in [4.78, 5) is 33.4. The van der Waals surface area contributed by atoms with Gasteiger partial charge >= 0.3 is 0 Å². The van der Waals surface area contributed by atoms with Gasteiger partial charge in [-0.2, -0.15) is 0 Å². The fourth-order valence-corrected chi connectivity index (χ4v) is 3.75. The Labute approximate surface area is 143 Å². The molecule has 0 spiro atoms. The molecule has 2 N–H and O–H groups in total. The first-order chi connectivity index (χ1) is 11.5. The highest BCUT2D eigenvalue weighted by molar-refractivity contribution is 7.20. The number of rotatable bonds is 4. The van der Waals surface area contributed by atoms with Crippen molar-refractivity contribution >= 4 is 33.1 Å². The van der Waals surface area contributed by atoms with Crippen LogP contribution in [0.2, 0.25) is 0 Å². The summed E-state index contributed by atoms with van der Waals surface area (Å²) in [6.07, 6.45) is 1.62. The van der Waals surface area contributed by atoms with Crippen LogP contribution in [0, 0.1) is 13.8 Å². The first-order valence-corrected chi connectivity index (χ1v) is 8.72. The van der Waals surface area contributed by atoms with Crippen molar-refractivity contribution in [2.45, 2.75) is 33.6 Å². The van der Waals surface area contributed by atoms with Gasteiger partial charge in [-0.25, -0.2) is 4.98 Å². The van der Waals surface area contributed by atoms with Gasteiger partial charge in [-0.3, -0.25) is 9.59 Å². The maximum absolute atomic E-state index is 12.6. The third kappa shape index (κ3) is 2.97. The molecule has 2 heterocycles. The number of H-pyrrole nitrogens is 1. The van der Waals surface area contributed by atoms with Crippen LogP contribution in [0.3, 0.4) is 0 Å². The smallest absolute Gasteiger partial charge is 0.266 e. The van der Waals surface area contributed by atoms with E-state index < -0.39 is 0 Å². The lowest BCUT2D eigenvalue weighted by atomic mass is 10.2. The number of nitrogens with zero attached hydrogens (tertiary/aromatic N) is 1. The zero-order valence-corrected chi connectivity index (χ0v) is 14.7. The maximum atomic E-state index is 12.6. The number of para-hydroxylation sites is 1. The number of thiophene rings is 1. The largest absolute Gasteiger partial charge is 0.321 e. The minimum absolute atomic E-state index is 0.174. The van der Waals surface area contributed by atoms with E-state index in [2.05, 4.69) is 15.3 Å². The Bertz CT molecular complexity index is 972. The monoisotopic (exact) mass is 341 g/mol. The molecular formula is C18H19N3O2S. The van der Waals surface area contributed by atoms with Crippen LogP contribution in [0.1, 0.15) is 40.0 Å². The summed E-state index contributed by atoms with van der Waals surface area (Å²) < 4.78 is 0. The van der Waals surface area contributed by atoms with Crippen molar-refractivity contribution in [3.05, 3.63) is 56.4 Å². The third-order valence-electron chi connectivity index (χ3n) is 3.94. The number of carbonyl (C=O) groups is 1. The predicted molar refractivity (Wildman–Crippen MR) is 98.1 cm³/mol. The zero-order valence-electron chi connectivity index (χ0n) is 13.9. The van der Waals surface area contributed by atoms with Gasteiger partial charge in [0.15, 0.2) is 0 Å². The van der Waals surface area contributed by atoms with Gasteiger partial charge in [0, 0.05) is 12.1 Å². The van der Waals surface area contributed by atoms with Crippen LogP contribution in [0.15, 0.2) is 29.1 Å². The molecule has 5 nitrogen and oxygen atoms in total. The molecule has 0 unspecified atom stereocenters. The van der Waals surface area contributed by atoms with Gasteiger partial charge in [0.1, 0.15) is 10.7 Å². The van der Waals surface area contributed by atoms with Gasteiger partial charge < -0.3 is 10.3 Å². The minimum Gasteiger partial charge on any atom is -0.321 e. The van der Waals surface area contributed by atoms with Crippen molar-refractivity contribution in [2.24, 2.45) is 0 Å². The van der Waals surface area contributed by atoms with Crippen LogP contribution in [-0.4, -0.2) is 15.9 Å². The first-order valence-electron chi connectivity index (χ1n) is 7.90. The second-order valence-electron chi connectivity index (χ2n) is 5.77. The predicted octanol–water partition coefficient (Wildman–Crippen LogP) is 3.81. The minimum atomic E-state index is -0.207. The number of anilines is 1. The number of amides is 1. The average Bonchev–Trinajstić information content (AvgIpc) is 2.87. The lowest BCUT2D eigenvalue weighted by Gasteiger charge is -2.07. The molecule has 0 saturated heterocycles. The number of hydrogen-bond donors (Lipinski definition) is 2. The fourth-order valence-electron chi connectivity index (χ4n) is 2.65. The number of nitrogens with one attached hydrogen (secondary N) is 2. The normalized spacial score (nSPS) is 11.0. The number of carbonyl (C=O) groups excluding carboxylic acids is 1. The number of aromatic amines is 1. The second kappa shape index (κ2) is 6.57. The molecule has 3 aromatic rings. The van der Waals surface area contributed by atoms with E-state index in [1.165, 1.54) is 11.3 Å².